The van der Waals surface area contributed by atoms with E-state index in [9.17, 15) is 19.0 Å². The first-order chi connectivity index (χ1) is 22.0. The van der Waals surface area contributed by atoms with E-state index in [1.807, 2.05) is 6.92 Å². The van der Waals surface area contributed by atoms with E-state index in [1.54, 1.807) is 12.1 Å². The third kappa shape index (κ3) is 4.66. The average Bonchev–Trinajstić information content (AvgIpc) is 3.73. The topological polar surface area (TPSA) is 82.0 Å². The summed E-state index contributed by atoms with van der Waals surface area (Å²) in [7, 11) is 0. The summed E-state index contributed by atoms with van der Waals surface area (Å²) in [5, 5.41) is 22.5. The number of terminal acetylenes is 1. The quantitative estimate of drug-likeness (QED) is 0.264. The lowest BCUT2D eigenvalue weighted by molar-refractivity contribution is 0.0601. The minimum Gasteiger partial charge on any atom is -0.508 e. The third-order valence-corrected chi connectivity index (χ3v) is 10.8. The maximum absolute atomic E-state index is 16.9. The first kappa shape index (κ1) is 29.3. The lowest BCUT2D eigenvalue weighted by Crippen LogP contribution is -2.43. The highest BCUT2D eigenvalue weighted by molar-refractivity contribution is 6.04. The summed E-state index contributed by atoms with van der Waals surface area (Å²) in [5.74, 6) is 2.05. The van der Waals surface area contributed by atoms with E-state index in [0.717, 1.165) is 19.4 Å². The molecule has 3 aliphatic heterocycles. The van der Waals surface area contributed by atoms with Crippen LogP contribution in [0, 0.1) is 35.8 Å². The number of hydrogen-bond acceptors (Lipinski definition) is 7. The number of rotatable bonds is 5. The molecule has 4 heterocycles. The number of ether oxygens (including phenoxy) is 1. The summed E-state index contributed by atoms with van der Waals surface area (Å²) in [6.45, 7) is 4.55. The monoisotopic (exact) mass is 628 g/mol. The van der Waals surface area contributed by atoms with Gasteiger partial charge in [-0.2, -0.15) is 9.97 Å². The summed E-state index contributed by atoms with van der Waals surface area (Å²) in [6, 6.07) is 8.89. The van der Waals surface area contributed by atoms with Crippen molar-refractivity contribution in [2.75, 3.05) is 37.7 Å². The molecule has 8 rings (SSSR count). The van der Waals surface area contributed by atoms with Gasteiger partial charge in [0.15, 0.2) is 5.82 Å². The summed E-state index contributed by atoms with van der Waals surface area (Å²) >= 11 is 0. The smallest absolute Gasteiger partial charge is 0.319 e. The molecular formula is C36H35F3N4O3. The lowest BCUT2D eigenvalue weighted by Gasteiger charge is -2.31. The molecule has 3 saturated heterocycles. The molecule has 46 heavy (non-hydrogen) atoms. The number of phenolic OH excluding ortho intramolecular Hbond substituents is 1. The largest absolute Gasteiger partial charge is 0.508 e. The molecule has 2 N–H and O–H groups in total. The molecule has 4 aromatic rings. The lowest BCUT2D eigenvalue weighted by atomic mass is 9.93. The Labute approximate surface area is 265 Å². The molecule has 238 valence electrons. The second-order valence-corrected chi connectivity index (χ2v) is 14.0. The van der Waals surface area contributed by atoms with Crippen LogP contribution in [0.2, 0.25) is 0 Å². The third-order valence-electron chi connectivity index (χ3n) is 10.8. The molecule has 1 aromatic heterocycles. The van der Waals surface area contributed by atoms with Gasteiger partial charge >= 0.3 is 6.01 Å². The van der Waals surface area contributed by atoms with Crippen LogP contribution < -0.4 is 9.64 Å². The number of aromatic nitrogens is 2. The van der Waals surface area contributed by atoms with Crippen LogP contribution in [0.4, 0.5) is 19.0 Å². The van der Waals surface area contributed by atoms with Crippen molar-refractivity contribution in [1.29, 1.82) is 0 Å². The van der Waals surface area contributed by atoms with Gasteiger partial charge in [-0.25, -0.2) is 13.2 Å². The van der Waals surface area contributed by atoms with Gasteiger partial charge < -0.3 is 19.8 Å². The standard InChI is InChI=1S/C36H35F3N4O3/c1-3-25-29(38)8-5-20-11-24(44)12-28(30(20)25)26-6-7-27-32(31(26)39)40-34(46-19-36-9-4-10-43(36)18-23(37)15-36)41-33(27)42-16-21-13-35(2,45)14-22(21)17-42/h1,5-8,11-12,21-23,44-45H,4,9-10,13-19H2,2H3/t21-,22+,23-,35?,36+/m1/s1. The highest BCUT2D eigenvalue weighted by Crippen LogP contribution is 2.47. The number of aliphatic hydroxyl groups is 1. The number of benzene rings is 3. The van der Waals surface area contributed by atoms with Gasteiger partial charge in [0, 0.05) is 42.4 Å². The van der Waals surface area contributed by atoms with Crippen molar-refractivity contribution in [3.8, 4) is 35.2 Å². The molecule has 0 bridgehead atoms. The molecule has 4 aliphatic rings. The van der Waals surface area contributed by atoms with E-state index in [0.29, 0.717) is 60.9 Å². The van der Waals surface area contributed by atoms with Gasteiger partial charge in [0.05, 0.1) is 16.7 Å². The van der Waals surface area contributed by atoms with Crippen molar-refractivity contribution < 1.29 is 28.1 Å². The van der Waals surface area contributed by atoms with Crippen LogP contribution in [0.25, 0.3) is 32.8 Å². The average molecular weight is 629 g/mol. The maximum atomic E-state index is 16.9. The first-order valence-corrected chi connectivity index (χ1v) is 16.0. The molecule has 1 saturated carbocycles. The molecule has 0 radical (unpaired) electrons. The van der Waals surface area contributed by atoms with Gasteiger partial charge in [-0.05, 0) is 86.2 Å². The maximum Gasteiger partial charge on any atom is 0.319 e. The number of halogens is 3. The van der Waals surface area contributed by atoms with Crippen LogP contribution in [-0.2, 0) is 0 Å². The number of alkyl halides is 1. The van der Waals surface area contributed by atoms with Crippen molar-refractivity contribution in [2.45, 2.75) is 56.3 Å². The fourth-order valence-corrected chi connectivity index (χ4v) is 8.85. The van der Waals surface area contributed by atoms with Crippen molar-refractivity contribution >= 4 is 27.5 Å². The Hall–Kier alpha value is -4.07. The van der Waals surface area contributed by atoms with Crippen LogP contribution in [0.3, 0.4) is 0 Å². The van der Waals surface area contributed by atoms with E-state index >= 15 is 4.39 Å². The summed E-state index contributed by atoms with van der Waals surface area (Å²) in [6.07, 6.45) is 8.27. The van der Waals surface area contributed by atoms with Crippen molar-refractivity contribution in [1.82, 2.24) is 14.9 Å². The zero-order valence-electron chi connectivity index (χ0n) is 25.6. The molecule has 3 aromatic carbocycles. The van der Waals surface area contributed by atoms with E-state index in [-0.39, 0.29) is 52.4 Å². The summed E-state index contributed by atoms with van der Waals surface area (Å²) in [4.78, 5) is 13.7. The van der Waals surface area contributed by atoms with Crippen LogP contribution in [0.1, 0.15) is 44.6 Å². The van der Waals surface area contributed by atoms with Crippen molar-refractivity contribution in [3.05, 3.63) is 53.6 Å². The van der Waals surface area contributed by atoms with E-state index in [4.69, 9.17) is 16.1 Å². The Balaban J connectivity index is 1.26. The Morgan fingerprint density at radius 1 is 1.04 bits per heavy atom. The fraction of sp³-hybridized carbons (Fsp3) is 0.444. The predicted molar refractivity (Wildman–Crippen MR) is 170 cm³/mol. The number of hydrogen-bond donors (Lipinski definition) is 2. The Kier molecular flexibility index (Phi) is 6.68. The summed E-state index contributed by atoms with van der Waals surface area (Å²) in [5.41, 5.74) is -0.813. The minimum atomic E-state index is -0.923. The first-order valence-electron chi connectivity index (χ1n) is 16.0. The molecule has 10 heteroatoms. The predicted octanol–water partition coefficient (Wildman–Crippen LogP) is 5.97. The highest BCUT2D eigenvalue weighted by Gasteiger charge is 2.50. The van der Waals surface area contributed by atoms with Gasteiger partial charge in [-0.1, -0.05) is 18.1 Å². The zero-order valence-corrected chi connectivity index (χ0v) is 25.6. The number of fused-ring (bicyclic) bond motifs is 4. The van der Waals surface area contributed by atoms with Crippen molar-refractivity contribution in [3.63, 3.8) is 0 Å². The second kappa shape index (κ2) is 10.5. The Bertz CT molecular complexity index is 1930. The number of phenols is 1. The Morgan fingerprint density at radius 3 is 2.59 bits per heavy atom. The van der Waals surface area contributed by atoms with Gasteiger partial charge in [0.2, 0.25) is 0 Å². The normalized spacial score (nSPS) is 29.0. The molecule has 5 atom stereocenters. The molecule has 0 amide bonds. The van der Waals surface area contributed by atoms with Gasteiger partial charge in [0.25, 0.3) is 0 Å². The van der Waals surface area contributed by atoms with E-state index in [1.165, 1.54) is 24.3 Å². The SMILES string of the molecule is C#Cc1c(F)ccc2cc(O)cc(-c3ccc4c(N5C[C@@H]6CC(C)(O)C[C@@H]6C5)nc(OC[C@@]56CCCN5C[C@H](F)C6)nc4c3F)c12. The van der Waals surface area contributed by atoms with Gasteiger partial charge in [0.1, 0.15) is 35.7 Å². The van der Waals surface area contributed by atoms with Gasteiger partial charge in [-0.3, -0.25) is 4.90 Å². The molecule has 4 fully saturated rings. The molecule has 7 nitrogen and oxygen atoms in total. The van der Waals surface area contributed by atoms with Crippen LogP contribution in [0.5, 0.6) is 11.8 Å². The number of anilines is 1. The van der Waals surface area contributed by atoms with E-state index < -0.39 is 28.9 Å². The molecular weight excluding hydrogens is 593 g/mol. The number of aromatic hydroxyl groups is 1. The van der Waals surface area contributed by atoms with Crippen LogP contribution >= 0.6 is 0 Å². The Morgan fingerprint density at radius 2 is 1.83 bits per heavy atom. The summed E-state index contributed by atoms with van der Waals surface area (Å²) < 4.78 is 52.4. The zero-order chi connectivity index (χ0) is 32.0. The van der Waals surface area contributed by atoms with Gasteiger partial charge in [-0.15, -0.1) is 6.42 Å². The van der Waals surface area contributed by atoms with Crippen LogP contribution in [-0.4, -0.2) is 75.2 Å². The fourth-order valence-electron chi connectivity index (χ4n) is 8.85. The molecule has 1 aliphatic carbocycles. The highest BCUT2D eigenvalue weighted by atomic mass is 19.1. The molecule has 0 spiro atoms. The van der Waals surface area contributed by atoms with Crippen molar-refractivity contribution in [2.24, 2.45) is 11.8 Å². The van der Waals surface area contributed by atoms with Crippen LogP contribution in [0.15, 0.2) is 36.4 Å². The molecule has 1 unspecified atom stereocenters. The van der Waals surface area contributed by atoms with E-state index in [2.05, 4.69) is 20.7 Å². The second-order valence-electron chi connectivity index (χ2n) is 14.0. The minimum absolute atomic E-state index is 0.00210. The number of nitrogens with zero attached hydrogens (tertiary/aromatic N) is 4.